The topological polar surface area (TPSA) is 65.1 Å². The highest BCUT2D eigenvalue weighted by molar-refractivity contribution is 7.90. The van der Waals surface area contributed by atoms with Crippen LogP contribution in [-0.2, 0) is 16.2 Å². The lowest BCUT2D eigenvalue weighted by atomic mass is 10.1. The van der Waals surface area contributed by atoms with Crippen molar-refractivity contribution in [1.82, 2.24) is 8.96 Å². The monoisotopic (exact) mass is 380 g/mol. The van der Waals surface area contributed by atoms with Gasteiger partial charge in [-0.05, 0) is 36.4 Å². The Morgan fingerprint density at radius 2 is 1.85 bits per heavy atom. The highest BCUT2D eigenvalue weighted by Crippen LogP contribution is 2.32. The maximum absolute atomic E-state index is 12.9. The molecule has 0 radical (unpaired) electrons. The molecule has 0 aliphatic carbocycles. The van der Waals surface area contributed by atoms with Crippen LogP contribution in [0.15, 0.2) is 58.0 Å². The first-order valence-electron chi connectivity index (χ1n) is 7.47. The number of benzene rings is 2. The van der Waals surface area contributed by atoms with E-state index in [0.29, 0.717) is 17.0 Å². The molecule has 2 aromatic heterocycles. The van der Waals surface area contributed by atoms with Gasteiger partial charge in [0.1, 0.15) is 5.52 Å². The van der Waals surface area contributed by atoms with Crippen LogP contribution in [0.4, 0.5) is 13.2 Å². The SMILES string of the molecule is Cc1nc2ccc(S(=O)(=O)n3ccc4cc(C(F)(F)F)ccc43)cc2o1. The lowest BCUT2D eigenvalue weighted by Crippen LogP contribution is -2.12. The van der Waals surface area contributed by atoms with Gasteiger partial charge < -0.3 is 4.42 Å². The summed E-state index contributed by atoms with van der Waals surface area (Å²) < 4.78 is 70.6. The van der Waals surface area contributed by atoms with Gasteiger partial charge in [-0.25, -0.2) is 17.4 Å². The molecular formula is C17H11F3N2O3S. The van der Waals surface area contributed by atoms with Crippen molar-refractivity contribution in [3.8, 4) is 0 Å². The van der Waals surface area contributed by atoms with Crippen molar-refractivity contribution in [2.45, 2.75) is 18.0 Å². The third-order valence-corrected chi connectivity index (χ3v) is 5.69. The Labute approximate surface area is 145 Å². The summed E-state index contributed by atoms with van der Waals surface area (Å²) in [4.78, 5) is 4.06. The molecule has 9 heteroatoms. The van der Waals surface area contributed by atoms with Crippen molar-refractivity contribution < 1.29 is 26.0 Å². The summed E-state index contributed by atoms with van der Waals surface area (Å²) in [6, 6.07) is 8.51. The number of aromatic nitrogens is 2. The summed E-state index contributed by atoms with van der Waals surface area (Å²) in [5, 5.41) is 0.181. The number of hydrogen-bond acceptors (Lipinski definition) is 4. The standard InChI is InChI=1S/C17H11F3N2O3S/c1-10-21-14-4-3-13(9-16(14)25-10)26(23,24)22-7-6-11-8-12(17(18,19)20)2-5-15(11)22/h2-9H,1H3. The smallest absolute Gasteiger partial charge is 0.416 e. The minimum Gasteiger partial charge on any atom is -0.441 e. The van der Waals surface area contributed by atoms with Crippen LogP contribution in [-0.4, -0.2) is 17.4 Å². The summed E-state index contributed by atoms with van der Waals surface area (Å²) in [5.74, 6) is 0.403. The first kappa shape index (κ1) is 16.6. The second-order valence-corrected chi connectivity index (χ2v) is 7.57. The van der Waals surface area contributed by atoms with Crippen molar-refractivity contribution >= 4 is 32.0 Å². The van der Waals surface area contributed by atoms with Crippen LogP contribution in [0, 0.1) is 6.92 Å². The highest BCUT2D eigenvalue weighted by Gasteiger charge is 2.31. The Bertz CT molecular complexity index is 1250. The molecule has 0 unspecified atom stereocenters. The van der Waals surface area contributed by atoms with Crippen molar-refractivity contribution in [1.29, 1.82) is 0 Å². The fraction of sp³-hybridized carbons (Fsp3) is 0.118. The summed E-state index contributed by atoms with van der Waals surface area (Å²) in [7, 11) is -4.01. The fourth-order valence-corrected chi connectivity index (χ4v) is 4.17. The second kappa shape index (κ2) is 5.34. The Balaban J connectivity index is 1.86. The summed E-state index contributed by atoms with van der Waals surface area (Å²) in [6.45, 7) is 1.64. The first-order chi connectivity index (χ1) is 12.2. The number of hydrogen-bond donors (Lipinski definition) is 0. The van der Waals surface area contributed by atoms with E-state index in [-0.39, 0.29) is 15.8 Å². The largest absolute Gasteiger partial charge is 0.441 e. The van der Waals surface area contributed by atoms with Gasteiger partial charge in [-0.1, -0.05) is 0 Å². The molecule has 4 aromatic rings. The second-order valence-electron chi connectivity index (χ2n) is 5.75. The molecule has 0 bridgehead atoms. The number of halogens is 3. The van der Waals surface area contributed by atoms with E-state index in [0.717, 1.165) is 22.2 Å². The number of fused-ring (bicyclic) bond motifs is 2. The van der Waals surface area contributed by atoms with Crippen molar-refractivity contribution in [2.75, 3.05) is 0 Å². The van der Waals surface area contributed by atoms with Crippen LogP contribution in [0.2, 0.25) is 0 Å². The Hall–Kier alpha value is -2.81. The predicted molar refractivity (Wildman–Crippen MR) is 88.3 cm³/mol. The van der Waals surface area contributed by atoms with E-state index in [1.165, 1.54) is 30.5 Å². The van der Waals surface area contributed by atoms with Crippen molar-refractivity contribution in [2.24, 2.45) is 0 Å². The number of rotatable bonds is 2. The zero-order valence-electron chi connectivity index (χ0n) is 13.3. The minimum absolute atomic E-state index is 0.0430. The molecule has 0 aliphatic rings. The number of nitrogens with zero attached hydrogens (tertiary/aromatic N) is 2. The molecule has 0 saturated heterocycles. The summed E-state index contributed by atoms with van der Waals surface area (Å²) in [5.41, 5.74) is 0.165. The maximum Gasteiger partial charge on any atom is 0.416 e. The molecule has 0 atom stereocenters. The van der Waals surface area contributed by atoms with Gasteiger partial charge in [-0.2, -0.15) is 13.2 Å². The average molecular weight is 380 g/mol. The van der Waals surface area contributed by atoms with E-state index >= 15 is 0 Å². The molecule has 2 aromatic carbocycles. The van der Waals surface area contributed by atoms with Crippen LogP contribution < -0.4 is 0 Å². The molecule has 134 valence electrons. The number of oxazole rings is 1. The molecule has 0 saturated carbocycles. The normalized spacial score (nSPS) is 12.9. The van der Waals surface area contributed by atoms with Gasteiger partial charge >= 0.3 is 6.18 Å². The van der Waals surface area contributed by atoms with Crippen molar-refractivity contribution in [3.05, 3.63) is 60.1 Å². The number of alkyl halides is 3. The number of aryl methyl sites for hydroxylation is 1. The van der Waals surface area contributed by atoms with Gasteiger partial charge in [0.2, 0.25) is 0 Å². The summed E-state index contributed by atoms with van der Waals surface area (Å²) >= 11 is 0. The van der Waals surface area contributed by atoms with Gasteiger partial charge in [0, 0.05) is 24.6 Å². The van der Waals surface area contributed by atoms with Gasteiger partial charge in [-0.15, -0.1) is 0 Å². The van der Waals surface area contributed by atoms with E-state index in [9.17, 15) is 21.6 Å². The molecule has 0 spiro atoms. The van der Waals surface area contributed by atoms with Crippen LogP contribution in [0.25, 0.3) is 22.0 Å². The van der Waals surface area contributed by atoms with E-state index in [4.69, 9.17) is 4.42 Å². The van der Waals surface area contributed by atoms with Crippen LogP contribution >= 0.6 is 0 Å². The van der Waals surface area contributed by atoms with Crippen LogP contribution in [0.5, 0.6) is 0 Å². The Kier molecular flexibility index (Phi) is 3.42. The molecule has 5 nitrogen and oxygen atoms in total. The van der Waals surface area contributed by atoms with E-state index in [1.54, 1.807) is 6.92 Å². The van der Waals surface area contributed by atoms with Gasteiger partial charge in [0.25, 0.3) is 10.0 Å². The average Bonchev–Trinajstić information content (AvgIpc) is 3.14. The predicted octanol–water partition coefficient (Wildman–Crippen LogP) is 4.35. The fourth-order valence-electron chi connectivity index (χ4n) is 2.80. The van der Waals surface area contributed by atoms with E-state index in [2.05, 4.69) is 4.98 Å². The lowest BCUT2D eigenvalue weighted by molar-refractivity contribution is -0.137. The zero-order chi connectivity index (χ0) is 18.7. The van der Waals surface area contributed by atoms with E-state index < -0.39 is 21.8 Å². The molecule has 0 fully saturated rings. The van der Waals surface area contributed by atoms with Crippen LogP contribution in [0.1, 0.15) is 11.5 Å². The summed E-state index contributed by atoms with van der Waals surface area (Å²) in [6.07, 6.45) is -3.26. The van der Waals surface area contributed by atoms with E-state index in [1.807, 2.05) is 0 Å². The Morgan fingerprint density at radius 3 is 2.58 bits per heavy atom. The molecule has 26 heavy (non-hydrogen) atoms. The third-order valence-electron chi connectivity index (χ3n) is 4.01. The maximum atomic E-state index is 12.9. The molecule has 4 rings (SSSR count). The van der Waals surface area contributed by atoms with Gasteiger partial charge in [0.15, 0.2) is 11.5 Å². The quantitative estimate of drug-likeness (QED) is 0.519. The molecule has 2 heterocycles. The van der Waals surface area contributed by atoms with Gasteiger partial charge in [-0.3, -0.25) is 0 Å². The molecule has 0 N–H and O–H groups in total. The first-order valence-corrected chi connectivity index (χ1v) is 8.91. The molecule has 0 aliphatic heterocycles. The molecule has 0 amide bonds. The zero-order valence-corrected chi connectivity index (χ0v) is 14.1. The third kappa shape index (κ3) is 2.55. The highest BCUT2D eigenvalue weighted by atomic mass is 32.2. The lowest BCUT2D eigenvalue weighted by Gasteiger charge is -2.09. The molecular weight excluding hydrogens is 369 g/mol. The van der Waals surface area contributed by atoms with Crippen molar-refractivity contribution in [3.63, 3.8) is 0 Å². The van der Waals surface area contributed by atoms with Crippen LogP contribution in [0.3, 0.4) is 0 Å². The van der Waals surface area contributed by atoms with Gasteiger partial charge in [0.05, 0.1) is 16.0 Å². The minimum atomic E-state index is -4.50. The Morgan fingerprint density at radius 1 is 1.08 bits per heavy atom.